The molecule has 4 nitrogen and oxygen atoms in total. The summed E-state index contributed by atoms with van der Waals surface area (Å²) in [5.41, 5.74) is -1.20. The Hall–Kier alpha value is -1.53. The minimum absolute atomic E-state index is 0.0351. The van der Waals surface area contributed by atoms with Gasteiger partial charge < -0.3 is 15.2 Å². The van der Waals surface area contributed by atoms with Gasteiger partial charge in [-0.25, -0.2) is 0 Å². The van der Waals surface area contributed by atoms with E-state index in [1.807, 2.05) is 30.3 Å². The van der Waals surface area contributed by atoms with Crippen molar-refractivity contribution in [3.8, 4) is 0 Å². The Morgan fingerprint density at radius 2 is 2.04 bits per heavy atom. The Labute approximate surface area is 133 Å². The van der Waals surface area contributed by atoms with Gasteiger partial charge in [-0.1, -0.05) is 30.3 Å². The molecule has 1 aliphatic carbocycles. The first kappa shape index (κ1) is 16.3. The lowest BCUT2D eigenvalue weighted by Crippen LogP contribution is -2.61. The van der Waals surface area contributed by atoms with E-state index in [4.69, 9.17) is 4.74 Å². The zero-order chi connectivity index (χ0) is 16.5. The van der Waals surface area contributed by atoms with Crippen molar-refractivity contribution in [1.29, 1.82) is 0 Å². The van der Waals surface area contributed by atoms with Crippen LogP contribution in [0.3, 0.4) is 0 Å². The normalized spacial score (nSPS) is 26.6. The number of halogens is 2. The van der Waals surface area contributed by atoms with Gasteiger partial charge in [0.2, 0.25) is 0 Å². The van der Waals surface area contributed by atoms with Crippen molar-refractivity contribution in [2.75, 3.05) is 13.2 Å². The number of amides is 1. The van der Waals surface area contributed by atoms with E-state index in [2.05, 4.69) is 5.32 Å². The van der Waals surface area contributed by atoms with Crippen molar-refractivity contribution in [2.45, 2.75) is 43.3 Å². The van der Waals surface area contributed by atoms with Crippen LogP contribution in [0.4, 0.5) is 8.78 Å². The van der Waals surface area contributed by atoms with Crippen molar-refractivity contribution >= 4 is 5.91 Å². The van der Waals surface area contributed by atoms with Gasteiger partial charge >= 0.3 is 5.92 Å². The highest BCUT2D eigenvalue weighted by atomic mass is 19.3. The van der Waals surface area contributed by atoms with Crippen molar-refractivity contribution in [3.63, 3.8) is 0 Å². The second-order valence-electron chi connectivity index (χ2n) is 6.42. The topological polar surface area (TPSA) is 58.6 Å². The van der Waals surface area contributed by atoms with Gasteiger partial charge in [0.1, 0.15) is 5.60 Å². The third-order valence-corrected chi connectivity index (χ3v) is 4.92. The minimum Gasteiger partial charge on any atom is -0.383 e. The molecule has 1 heterocycles. The number of rotatable bonds is 5. The van der Waals surface area contributed by atoms with E-state index in [0.717, 1.165) is 5.56 Å². The van der Waals surface area contributed by atoms with Crippen LogP contribution in [0.15, 0.2) is 30.3 Å². The van der Waals surface area contributed by atoms with Crippen LogP contribution in [0, 0.1) is 5.92 Å². The van der Waals surface area contributed by atoms with E-state index < -0.39 is 17.4 Å². The van der Waals surface area contributed by atoms with Gasteiger partial charge in [-0.15, -0.1) is 0 Å². The van der Waals surface area contributed by atoms with Crippen LogP contribution in [0.25, 0.3) is 0 Å². The maximum atomic E-state index is 14.0. The molecule has 126 valence electrons. The zero-order valence-corrected chi connectivity index (χ0v) is 12.8. The molecule has 0 bridgehead atoms. The number of ether oxygens (including phenoxy) is 1. The predicted octanol–water partition coefficient (Wildman–Crippen LogP) is 2.43. The predicted molar refractivity (Wildman–Crippen MR) is 80.0 cm³/mol. The number of alkyl halides is 2. The quantitative estimate of drug-likeness (QED) is 0.874. The molecule has 3 rings (SSSR count). The molecule has 0 spiro atoms. The molecule has 1 amide bonds. The summed E-state index contributed by atoms with van der Waals surface area (Å²) < 4.78 is 33.8. The third kappa shape index (κ3) is 2.97. The maximum Gasteiger partial charge on any atom is 0.352 e. The fourth-order valence-electron chi connectivity index (χ4n) is 3.23. The summed E-state index contributed by atoms with van der Waals surface area (Å²) in [6.07, 6.45) is 0.956. The highest BCUT2D eigenvalue weighted by molar-refractivity contribution is 5.85. The van der Waals surface area contributed by atoms with E-state index in [0.29, 0.717) is 19.4 Å². The molecule has 0 unspecified atom stereocenters. The molecule has 2 fully saturated rings. The first-order chi connectivity index (χ1) is 10.9. The lowest BCUT2D eigenvalue weighted by molar-refractivity contribution is -0.216. The van der Waals surface area contributed by atoms with Crippen LogP contribution in [0.5, 0.6) is 0 Å². The molecule has 1 saturated carbocycles. The molecular formula is C17H21F2NO3. The molecule has 0 aromatic heterocycles. The smallest absolute Gasteiger partial charge is 0.352 e. The van der Waals surface area contributed by atoms with E-state index in [9.17, 15) is 18.7 Å². The summed E-state index contributed by atoms with van der Waals surface area (Å²) in [6, 6.07) is 9.54. The van der Waals surface area contributed by atoms with E-state index in [-0.39, 0.29) is 31.4 Å². The molecule has 1 aliphatic heterocycles. The summed E-state index contributed by atoms with van der Waals surface area (Å²) in [7, 11) is 0. The average molecular weight is 325 g/mol. The Morgan fingerprint density at radius 3 is 2.65 bits per heavy atom. The molecule has 1 saturated heterocycles. The minimum atomic E-state index is -3.74. The monoisotopic (exact) mass is 325 g/mol. The highest BCUT2D eigenvalue weighted by Crippen LogP contribution is 2.44. The second kappa shape index (κ2) is 6.17. The molecule has 2 aliphatic rings. The van der Waals surface area contributed by atoms with Crippen molar-refractivity contribution in [1.82, 2.24) is 5.32 Å². The number of benzene rings is 1. The fraction of sp³-hybridized carbons (Fsp3) is 0.588. The molecule has 2 N–H and O–H groups in total. The average Bonchev–Trinajstić information content (AvgIpc) is 2.99. The number of nitrogens with one attached hydrogen (secondary N) is 1. The van der Waals surface area contributed by atoms with Gasteiger partial charge in [0.25, 0.3) is 5.91 Å². The lowest BCUT2D eigenvalue weighted by atomic mass is 9.75. The Morgan fingerprint density at radius 1 is 1.35 bits per heavy atom. The standard InChI is InChI=1S/C17H21F2NO3/c18-17(19,16(22)8-4-9-16)15(21)20-11-13-7-10-23-14(13)12-5-2-1-3-6-12/h1-3,5-6,13-14,22H,4,7-11H2,(H,20,21)/t13-,14-/m0/s1. The first-order valence-electron chi connectivity index (χ1n) is 7.99. The van der Waals surface area contributed by atoms with Crippen molar-refractivity contribution in [2.24, 2.45) is 5.92 Å². The van der Waals surface area contributed by atoms with Gasteiger partial charge in [-0.05, 0) is 31.2 Å². The summed E-state index contributed by atoms with van der Waals surface area (Å²) in [4.78, 5) is 11.8. The first-order valence-corrected chi connectivity index (χ1v) is 7.99. The molecule has 1 aromatic carbocycles. The van der Waals surface area contributed by atoms with Crippen LogP contribution < -0.4 is 5.32 Å². The Balaban J connectivity index is 1.60. The van der Waals surface area contributed by atoms with E-state index in [1.165, 1.54) is 0 Å². The fourth-order valence-corrected chi connectivity index (χ4v) is 3.23. The van der Waals surface area contributed by atoms with Crippen LogP contribution >= 0.6 is 0 Å². The second-order valence-corrected chi connectivity index (χ2v) is 6.42. The van der Waals surface area contributed by atoms with Gasteiger partial charge in [-0.3, -0.25) is 4.79 Å². The van der Waals surface area contributed by atoms with Crippen LogP contribution in [0.1, 0.15) is 37.4 Å². The Kier molecular flexibility index (Phi) is 4.38. The van der Waals surface area contributed by atoms with E-state index >= 15 is 0 Å². The highest BCUT2D eigenvalue weighted by Gasteiger charge is 2.61. The van der Waals surface area contributed by atoms with Gasteiger partial charge in [0.05, 0.1) is 6.10 Å². The number of carbonyl (C=O) groups is 1. The molecular weight excluding hydrogens is 304 g/mol. The number of hydrogen-bond acceptors (Lipinski definition) is 3. The molecule has 6 heteroatoms. The van der Waals surface area contributed by atoms with Crippen molar-refractivity contribution in [3.05, 3.63) is 35.9 Å². The Bertz CT molecular complexity index is 560. The third-order valence-electron chi connectivity index (χ3n) is 4.92. The van der Waals surface area contributed by atoms with E-state index in [1.54, 1.807) is 0 Å². The SMILES string of the molecule is O=C(NC[C@@H]1CCO[C@H]1c1ccccc1)C(F)(F)C1(O)CCC1. The zero-order valence-electron chi connectivity index (χ0n) is 12.8. The van der Waals surface area contributed by atoms with Gasteiger partial charge in [0, 0.05) is 19.1 Å². The van der Waals surface area contributed by atoms with Gasteiger partial charge in [0.15, 0.2) is 0 Å². The van der Waals surface area contributed by atoms with Crippen LogP contribution in [-0.4, -0.2) is 35.7 Å². The lowest BCUT2D eigenvalue weighted by Gasteiger charge is -2.41. The van der Waals surface area contributed by atoms with Crippen LogP contribution in [0.2, 0.25) is 0 Å². The summed E-state index contributed by atoms with van der Waals surface area (Å²) in [6.45, 7) is 0.657. The summed E-state index contributed by atoms with van der Waals surface area (Å²) in [5.74, 6) is -5.18. The molecule has 2 atom stereocenters. The molecule has 23 heavy (non-hydrogen) atoms. The number of aliphatic hydroxyl groups is 1. The molecule has 0 radical (unpaired) electrons. The summed E-state index contributed by atoms with van der Waals surface area (Å²) in [5, 5.41) is 12.1. The number of hydrogen-bond donors (Lipinski definition) is 2. The van der Waals surface area contributed by atoms with Crippen LogP contribution in [-0.2, 0) is 9.53 Å². The van der Waals surface area contributed by atoms with Crippen molar-refractivity contribution < 1.29 is 23.4 Å². The number of carbonyl (C=O) groups excluding carboxylic acids is 1. The largest absolute Gasteiger partial charge is 0.383 e. The van der Waals surface area contributed by atoms with Gasteiger partial charge in [-0.2, -0.15) is 8.78 Å². The maximum absolute atomic E-state index is 14.0. The summed E-state index contributed by atoms with van der Waals surface area (Å²) >= 11 is 0. The molecule has 1 aromatic rings.